The van der Waals surface area contributed by atoms with Crippen LogP contribution in [0, 0.1) is 12.1 Å². The summed E-state index contributed by atoms with van der Waals surface area (Å²) >= 11 is 0. The maximum Gasteiger partial charge on any atom is 0.193 e. The fourth-order valence-electron chi connectivity index (χ4n) is 1.78. The Hall–Kier alpha value is -1.68. The van der Waals surface area contributed by atoms with Crippen molar-refractivity contribution < 1.29 is 0 Å². The molecule has 57 valence electrons. The van der Waals surface area contributed by atoms with Gasteiger partial charge in [-0.3, -0.25) is 0 Å². The van der Waals surface area contributed by atoms with E-state index in [2.05, 4.69) is 43.7 Å². The average Bonchev–Trinajstić information content (AvgIpc) is 2.56. The van der Waals surface area contributed by atoms with Gasteiger partial charge in [-0.1, -0.05) is 47.3 Å². The average molecular weight is 161 g/mol. The maximum absolute atomic E-state index is 2.99. The van der Waals surface area contributed by atoms with Crippen LogP contribution in [0.3, 0.4) is 0 Å². The molecule has 0 saturated heterocycles. The highest BCUT2D eigenvalue weighted by Crippen LogP contribution is 2.17. The summed E-state index contributed by atoms with van der Waals surface area (Å²) in [5, 5.41) is 0. The van der Waals surface area contributed by atoms with Crippen LogP contribution in [-0.2, 0) is 0 Å². The zero-order chi connectivity index (χ0) is 8.67. The van der Waals surface area contributed by atoms with Crippen molar-refractivity contribution in [2.45, 2.75) is 0 Å². The third kappa shape index (κ3) is 0.892. The van der Waals surface area contributed by atoms with E-state index in [9.17, 15) is 0 Å². The lowest BCUT2D eigenvalue weighted by Gasteiger charge is -1.97. The molecule has 1 aliphatic heterocycles. The lowest BCUT2D eigenvalue weighted by molar-refractivity contribution is 1.72. The van der Waals surface area contributed by atoms with Crippen LogP contribution in [0.25, 0.3) is 11.1 Å². The minimum absolute atomic E-state index is 1.25. The van der Waals surface area contributed by atoms with E-state index in [0.717, 1.165) is 0 Å². The smallest absolute Gasteiger partial charge is 0.0737 e. The first kappa shape index (κ1) is 6.80. The first-order chi connectivity index (χ1) is 6.45. The van der Waals surface area contributed by atoms with E-state index in [1.165, 1.54) is 22.1 Å². The fraction of sp³-hybridized carbons (Fsp3) is 0. The zero-order valence-electron chi connectivity index (χ0n) is 7.04. The molecule has 1 radical (unpaired) electrons. The molecule has 3 rings (SSSR count). The molecule has 0 spiro atoms. The largest absolute Gasteiger partial charge is 0.193 e. The molecule has 0 saturated carbocycles. The van der Waals surface area contributed by atoms with Gasteiger partial charge in [0.1, 0.15) is 0 Å². The topological polar surface area (TPSA) is 0 Å². The standard InChI is InChI=1S/C12H6B/c1-3-7-11-9(5-1)10-6-2-4-8-12(10)13-11/h1,3,5-8H. The van der Waals surface area contributed by atoms with Crippen molar-refractivity contribution in [3.05, 3.63) is 48.5 Å². The SMILES string of the molecule is [B]1c2cc#ccc2-c2ccccc21. The van der Waals surface area contributed by atoms with Crippen molar-refractivity contribution in [1.82, 2.24) is 0 Å². The summed E-state index contributed by atoms with van der Waals surface area (Å²) in [7, 11) is 2.19. The fourth-order valence-corrected chi connectivity index (χ4v) is 1.78. The quantitative estimate of drug-likeness (QED) is 0.430. The van der Waals surface area contributed by atoms with Crippen LogP contribution in [0.5, 0.6) is 0 Å². The lowest BCUT2D eigenvalue weighted by atomic mass is 9.68. The van der Waals surface area contributed by atoms with Crippen LogP contribution in [-0.4, -0.2) is 7.28 Å². The summed E-state index contributed by atoms with van der Waals surface area (Å²) in [4.78, 5) is 0. The number of rotatable bonds is 0. The Morgan fingerprint density at radius 2 is 1.69 bits per heavy atom. The summed E-state index contributed by atoms with van der Waals surface area (Å²) in [5.41, 5.74) is 5.13. The van der Waals surface area contributed by atoms with Crippen LogP contribution < -0.4 is 10.9 Å². The highest BCUT2D eigenvalue weighted by molar-refractivity contribution is 6.73. The van der Waals surface area contributed by atoms with E-state index in [4.69, 9.17) is 0 Å². The number of hydrogen-bond donors (Lipinski definition) is 0. The molecule has 0 amide bonds. The van der Waals surface area contributed by atoms with E-state index < -0.39 is 0 Å². The molecule has 1 heterocycles. The van der Waals surface area contributed by atoms with E-state index in [-0.39, 0.29) is 0 Å². The Morgan fingerprint density at radius 1 is 0.846 bits per heavy atom. The predicted molar refractivity (Wildman–Crippen MR) is 54.6 cm³/mol. The molecule has 0 unspecified atom stereocenters. The molecule has 2 aromatic rings. The predicted octanol–water partition coefficient (Wildman–Crippen LogP) is 0.922. The Kier molecular flexibility index (Phi) is 1.26. The first-order valence-electron chi connectivity index (χ1n) is 4.31. The minimum atomic E-state index is 1.25. The normalized spacial score (nSPS) is 11.1. The third-order valence-corrected chi connectivity index (χ3v) is 2.40. The molecule has 0 bridgehead atoms. The van der Waals surface area contributed by atoms with Gasteiger partial charge >= 0.3 is 0 Å². The second-order valence-electron chi connectivity index (χ2n) is 3.18. The van der Waals surface area contributed by atoms with Crippen molar-refractivity contribution in [3.8, 4) is 11.1 Å². The van der Waals surface area contributed by atoms with E-state index in [1.54, 1.807) is 0 Å². The summed E-state index contributed by atoms with van der Waals surface area (Å²) in [6, 6.07) is 18.3. The molecule has 0 fully saturated rings. The Morgan fingerprint density at radius 3 is 2.69 bits per heavy atom. The van der Waals surface area contributed by atoms with E-state index in [1.807, 2.05) is 12.1 Å². The highest BCUT2D eigenvalue weighted by Gasteiger charge is 2.17. The van der Waals surface area contributed by atoms with Crippen molar-refractivity contribution in [2.24, 2.45) is 0 Å². The number of hydrogen-bond acceptors (Lipinski definition) is 0. The van der Waals surface area contributed by atoms with Crippen LogP contribution in [0.4, 0.5) is 0 Å². The maximum atomic E-state index is 2.99. The molecule has 0 N–H and O–H groups in total. The monoisotopic (exact) mass is 161 g/mol. The zero-order valence-corrected chi connectivity index (χ0v) is 7.04. The van der Waals surface area contributed by atoms with Crippen LogP contribution >= 0.6 is 0 Å². The van der Waals surface area contributed by atoms with E-state index >= 15 is 0 Å². The molecule has 0 aliphatic carbocycles. The summed E-state index contributed by atoms with van der Waals surface area (Å²) in [6.07, 6.45) is 0. The molecule has 0 atom stereocenters. The van der Waals surface area contributed by atoms with Crippen molar-refractivity contribution >= 4 is 18.2 Å². The Labute approximate surface area is 78.5 Å². The van der Waals surface area contributed by atoms with Gasteiger partial charge in [0.15, 0.2) is 7.28 Å². The van der Waals surface area contributed by atoms with Gasteiger partial charge < -0.3 is 0 Å². The van der Waals surface area contributed by atoms with E-state index in [0.29, 0.717) is 0 Å². The molecule has 13 heavy (non-hydrogen) atoms. The Bertz CT molecular complexity index is 417. The summed E-state index contributed by atoms with van der Waals surface area (Å²) in [5.74, 6) is 0. The van der Waals surface area contributed by atoms with Gasteiger partial charge in [-0.05, 0) is 23.3 Å². The lowest BCUT2D eigenvalue weighted by Crippen LogP contribution is -2.19. The second kappa shape index (κ2) is 2.40. The van der Waals surface area contributed by atoms with Gasteiger partial charge in [-0.2, -0.15) is 0 Å². The van der Waals surface area contributed by atoms with Gasteiger partial charge in [0.2, 0.25) is 0 Å². The van der Waals surface area contributed by atoms with Crippen molar-refractivity contribution in [1.29, 1.82) is 0 Å². The van der Waals surface area contributed by atoms with Crippen LogP contribution in [0.15, 0.2) is 36.4 Å². The number of fused-ring (bicyclic) bond motifs is 3. The minimum Gasteiger partial charge on any atom is -0.0737 e. The Balaban J connectivity index is 2.32. The van der Waals surface area contributed by atoms with Gasteiger partial charge in [-0.15, -0.1) is 0 Å². The highest BCUT2D eigenvalue weighted by atomic mass is 14.1. The summed E-state index contributed by atoms with van der Waals surface area (Å²) < 4.78 is 0. The molecule has 1 heteroatoms. The van der Waals surface area contributed by atoms with Crippen molar-refractivity contribution in [2.75, 3.05) is 0 Å². The van der Waals surface area contributed by atoms with Crippen LogP contribution in [0.1, 0.15) is 0 Å². The summed E-state index contributed by atoms with van der Waals surface area (Å²) in [6.45, 7) is 0. The second-order valence-corrected chi connectivity index (χ2v) is 3.18. The molecule has 2 aromatic carbocycles. The first-order valence-corrected chi connectivity index (χ1v) is 4.31. The molecule has 1 aliphatic rings. The van der Waals surface area contributed by atoms with Gasteiger partial charge in [-0.25, -0.2) is 0 Å². The van der Waals surface area contributed by atoms with Crippen molar-refractivity contribution in [3.63, 3.8) is 0 Å². The molecular formula is C12H6B. The van der Waals surface area contributed by atoms with Gasteiger partial charge in [0.25, 0.3) is 0 Å². The molecular weight excluding hydrogens is 155 g/mol. The molecule has 0 nitrogen and oxygen atoms in total. The number of benzene rings is 1. The molecule has 0 aromatic heterocycles. The van der Waals surface area contributed by atoms with Gasteiger partial charge in [0.05, 0.1) is 0 Å². The van der Waals surface area contributed by atoms with Crippen LogP contribution in [0.2, 0.25) is 0 Å². The van der Waals surface area contributed by atoms with Gasteiger partial charge in [0, 0.05) is 0 Å². The third-order valence-electron chi connectivity index (χ3n) is 2.40.